The average Bonchev–Trinajstić information content (AvgIpc) is 2.52. The first kappa shape index (κ1) is 19.3. The van der Waals surface area contributed by atoms with Crippen molar-refractivity contribution in [1.82, 2.24) is 20.0 Å². The van der Waals surface area contributed by atoms with Crippen LogP contribution in [0.3, 0.4) is 0 Å². The molecule has 0 atom stereocenters. The first-order valence-corrected chi connectivity index (χ1v) is 7.78. The molecule has 132 valence electrons. The van der Waals surface area contributed by atoms with Gasteiger partial charge in [0.15, 0.2) is 0 Å². The van der Waals surface area contributed by atoms with Gasteiger partial charge in [0.05, 0.1) is 19.6 Å². The number of nitrogens with one attached hydrogen (secondary N) is 1. The lowest BCUT2D eigenvalue weighted by Crippen LogP contribution is -2.43. The van der Waals surface area contributed by atoms with Crippen LogP contribution in [0.15, 0.2) is 0 Å². The topological polar surface area (TPSA) is 113 Å². The lowest BCUT2D eigenvalue weighted by Gasteiger charge is -2.24. The van der Waals surface area contributed by atoms with Crippen LogP contribution in [-0.4, -0.2) is 108 Å². The Hall–Kier alpha value is -1.71. The fraction of sp³-hybridized carbons (Fsp3) is 0.786. The summed E-state index contributed by atoms with van der Waals surface area (Å²) in [6.07, 6.45) is 0. The Kier molecular flexibility index (Phi) is 8.52. The maximum absolute atomic E-state index is 11.7. The first-order valence-electron chi connectivity index (χ1n) is 7.78. The molecule has 0 aromatic heterocycles. The standard InChI is InChI=1S/C14H26N4O5/c1-2-15-12(19)9-16-3-5-17(10-13(20)21)7-8-18(6-4-16)11-14(22)23/h2-11H2,1H3,(H,15,19)(H,20,21)(H,22,23). The summed E-state index contributed by atoms with van der Waals surface area (Å²) in [6, 6.07) is 0. The molecule has 9 heteroatoms. The number of amides is 1. The Balaban J connectivity index is 2.68. The Morgan fingerprint density at radius 3 is 1.43 bits per heavy atom. The molecule has 23 heavy (non-hydrogen) atoms. The van der Waals surface area contributed by atoms with Gasteiger partial charge in [-0.25, -0.2) is 0 Å². The van der Waals surface area contributed by atoms with Crippen LogP contribution in [0, 0.1) is 0 Å². The molecule has 9 nitrogen and oxygen atoms in total. The van der Waals surface area contributed by atoms with E-state index in [1.165, 1.54) is 0 Å². The number of hydrogen-bond donors (Lipinski definition) is 3. The van der Waals surface area contributed by atoms with E-state index in [0.717, 1.165) is 0 Å². The largest absolute Gasteiger partial charge is 0.480 e. The van der Waals surface area contributed by atoms with Crippen molar-refractivity contribution >= 4 is 17.8 Å². The minimum atomic E-state index is -0.913. The van der Waals surface area contributed by atoms with Crippen LogP contribution in [0.25, 0.3) is 0 Å². The van der Waals surface area contributed by atoms with Crippen LogP contribution in [-0.2, 0) is 14.4 Å². The predicted molar refractivity (Wildman–Crippen MR) is 83.3 cm³/mol. The minimum Gasteiger partial charge on any atom is -0.480 e. The van der Waals surface area contributed by atoms with E-state index in [-0.39, 0.29) is 25.5 Å². The molecule has 3 N–H and O–H groups in total. The minimum absolute atomic E-state index is 0.0821. The van der Waals surface area contributed by atoms with E-state index in [4.69, 9.17) is 10.2 Å². The summed E-state index contributed by atoms with van der Waals surface area (Å²) in [5.41, 5.74) is 0. The van der Waals surface area contributed by atoms with Crippen LogP contribution in [0.1, 0.15) is 6.92 Å². The van der Waals surface area contributed by atoms with Crippen molar-refractivity contribution in [3.63, 3.8) is 0 Å². The number of carboxylic acid groups (broad SMARTS) is 2. The normalized spacial score (nSPS) is 18.7. The maximum atomic E-state index is 11.7. The lowest BCUT2D eigenvalue weighted by atomic mass is 10.4. The van der Waals surface area contributed by atoms with E-state index < -0.39 is 11.9 Å². The van der Waals surface area contributed by atoms with Crippen LogP contribution in [0.4, 0.5) is 0 Å². The zero-order chi connectivity index (χ0) is 17.2. The van der Waals surface area contributed by atoms with Crippen molar-refractivity contribution in [2.24, 2.45) is 0 Å². The van der Waals surface area contributed by atoms with Gasteiger partial charge in [0.2, 0.25) is 5.91 Å². The van der Waals surface area contributed by atoms with E-state index >= 15 is 0 Å². The van der Waals surface area contributed by atoms with Crippen molar-refractivity contribution < 1.29 is 24.6 Å². The summed E-state index contributed by atoms with van der Waals surface area (Å²) >= 11 is 0. The molecule has 1 heterocycles. The summed E-state index contributed by atoms with van der Waals surface area (Å²) in [4.78, 5) is 39.1. The molecular weight excluding hydrogens is 304 g/mol. The number of carboxylic acids is 2. The molecular formula is C14H26N4O5. The van der Waals surface area contributed by atoms with E-state index in [1.54, 1.807) is 9.80 Å². The van der Waals surface area contributed by atoms with Crippen LogP contribution < -0.4 is 5.32 Å². The zero-order valence-corrected chi connectivity index (χ0v) is 13.5. The number of aliphatic carboxylic acids is 2. The second-order valence-electron chi connectivity index (χ2n) is 5.57. The summed E-state index contributed by atoms with van der Waals surface area (Å²) < 4.78 is 0. The number of carbonyl (C=O) groups is 3. The highest BCUT2D eigenvalue weighted by Crippen LogP contribution is 2.01. The predicted octanol–water partition coefficient (Wildman–Crippen LogP) is -1.79. The van der Waals surface area contributed by atoms with E-state index in [2.05, 4.69) is 5.32 Å². The van der Waals surface area contributed by atoms with Gasteiger partial charge in [-0.3, -0.25) is 29.1 Å². The van der Waals surface area contributed by atoms with Crippen molar-refractivity contribution in [2.45, 2.75) is 6.92 Å². The molecule has 0 aromatic carbocycles. The molecule has 1 fully saturated rings. The summed E-state index contributed by atoms with van der Waals surface area (Å²) in [6.45, 7) is 5.67. The number of nitrogens with zero attached hydrogens (tertiary/aromatic N) is 3. The maximum Gasteiger partial charge on any atom is 0.317 e. The smallest absolute Gasteiger partial charge is 0.317 e. The van der Waals surface area contributed by atoms with Crippen LogP contribution >= 0.6 is 0 Å². The van der Waals surface area contributed by atoms with E-state index in [9.17, 15) is 14.4 Å². The molecule has 1 rings (SSSR count). The Bertz CT molecular complexity index is 390. The van der Waals surface area contributed by atoms with Gasteiger partial charge in [-0.2, -0.15) is 0 Å². The first-order chi connectivity index (χ1) is 10.9. The molecule has 0 radical (unpaired) electrons. The third kappa shape index (κ3) is 8.48. The van der Waals surface area contributed by atoms with E-state index in [1.807, 2.05) is 11.8 Å². The molecule has 1 amide bonds. The lowest BCUT2D eigenvalue weighted by molar-refractivity contribution is -0.140. The van der Waals surface area contributed by atoms with Crippen LogP contribution in [0.2, 0.25) is 0 Å². The fourth-order valence-electron chi connectivity index (χ4n) is 2.50. The van der Waals surface area contributed by atoms with Gasteiger partial charge in [0.25, 0.3) is 0 Å². The fourth-order valence-corrected chi connectivity index (χ4v) is 2.50. The number of likely N-dealkylation sites (N-methyl/N-ethyl adjacent to an activating group) is 1. The molecule has 1 saturated heterocycles. The van der Waals surface area contributed by atoms with E-state index in [0.29, 0.717) is 45.8 Å². The molecule has 1 aliphatic rings. The van der Waals surface area contributed by atoms with Crippen molar-refractivity contribution in [2.75, 3.05) is 65.4 Å². The van der Waals surface area contributed by atoms with Gasteiger partial charge in [0, 0.05) is 45.8 Å². The van der Waals surface area contributed by atoms with Gasteiger partial charge in [-0.15, -0.1) is 0 Å². The van der Waals surface area contributed by atoms with Crippen molar-refractivity contribution in [3.8, 4) is 0 Å². The highest BCUT2D eigenvalue weighted by molar-refractivity contribution is 5.77. The number of carbonyl (C=O) groups excluding carboxylic acids is 1. The third-order valence-corrected chi connectivity index (χ3v) is 3.66. The molecule has 1 aliphatic heterocycles. The Labute approximate surface area is 135 Å². The van der Waals surface area contributed by atoms with Crippen LogP contribution in [0.5, 0.6) is 0 Å². The Morgan fingerprint density at radius 2 is 1.13 bits per heavy atom. The van der Waals surface area contributed by atoms with Gasteiger partial charge < -0.3 is 15.5 Å². The molecule has 0 saturated carbocycles. The van der Waals surface area contributed by atoms with Crippen molar-refractivity contribution in [3.05, 3.63) is 0 Å². The average molecular weight is 330 g/mol. The number of hydrogen-bond acceptors (Lipinski definition) is 6. The SMILES string of the molecule is CCNC(=O)CN1CCN(CC(=O)O)CCN(CC(=O)O)CC1. The third-order valence-electron chi connectivity index (χ3n) is 3.66. The quantitative estimate of drug-likeness (QED) is 0.502. The summed E-state index contributed by atoms with van der Waals surface area (Å²) in [5, 5.41) is 20.7. The molecule has 0 spiro atoms. The molecule has 0 aliphatic carbocycles. The van der Waals surface area contributed by atoms with Gasteiger partial charge >= 0.3 is 11.9 Å². The number of rotatable bonds is 7. The Morgan fingerprint density at radius 1 is 0.783 bits per heavy atom. The summed E-state index contributed by atoms with van der Waals surface area (Å²) in [7, 11) is 0. The second kappa shape index (κ2) is 10.1. The molecule has 0 unspecified atom stereocenters. The highest BCUT2D eigenvalue weighted by Gasteiger charge is 2.20. The monoisotopic (exact) mass is 330 g/mol. The van der Waals surface area contributed by atoms with Crippen molar-refractivity contribution in [1.29, 1.82) is 0 Å². The molecule has 0 aromatic rings. The highest BCUT2D eigenvalue weighted by atomic mass is 16.4. The summed E-state index contributed by atoms with van der Waals surface area (Å²) in [5.74, 6) is -1.91. The van der Waals surface area contributed by atoms with Gasteiger partial charge in [-0.1, -0.05) is 0 Å². The van der Waals surface area contributed by atoms with Gasteiger partial charge in [-0.05, 0) is 6.92 Å². The van der Waals surface area contributed by atoms with Gasteiger partial charge in [0.1, 0.15) is 0 Å². The second-order valence-corrected chi connectivity index (χ2v) is 5.57. The molecule has 0 bridgehead atoms. The zero-order valence-electron chi connectivity index (χ0n) is 13.5.